The van der Waals surface area contributed by atoms with Crippen molar-refractivity contribution in [1.82, 2.24) is 15.1 Å². The van der Waals surface area contributed by atoms with Gasteiger partial charge in [-0.05, 0) is 51.3 Å². The Morgan fingerprint density at radius 3 is 2.62 bits per heavy atom. The van der Waals surface area contributed by atoms with E-state index in [1.165, 1.54) is 0 Å². The Morgan fingerprint density at radius 1 is 1.17 bits per heavy atom. The van der Waals surface area contributed by atoms with Gasteiger partial charge in [0.05, 0.1) is 12.8 Å². The molecule has 128 valence electrons. The molecule has 0 aliphatic carbocycles. The van der Waals surface area contributed by atoms with E-state index in [0.29, 0.717) is 17.3 Å². The average Bonchev–Trinajstić information content (AvgIpc) is 2.59. The average molecular weight is 329 g/mol. The Kier molecular flexibility index (Phi) is 6.51. The van der Waals surface area contributed by atoms with Crippen LogP contribution in [0.2, 0.25) is 0 Å². The number of aromatic nitrogens is 2. The van der Waals surface area contributed by atoms with Gasteiger partial charge >= 0.3 is 0 Å². The Hall–Kier alpha value is -2.67. The van der Waals surface area contributed by atoms with E-state index in [4.69, 9.17) is 4.74 Å². The van der Waals surface area contributed by atoms with Crippen LogP contribution in [0.25, 0.3) is 0 Å². The summed E-state index contributed by atoms with van der Waals surface area (Å²) in [4.78, 5) is 14.4. The normalized spacial score (nSPS) is 10.5. The quantitative estimate of drug-likeness (QED) is 0.722. The summed E-state index contributed by atoms with van der Waals surface area (Å²) >= 11 is 0. The molecule has 7 heteroatoms. The minimum atomic E-state index is -0.328. The van der Waals surface area contributed by atoms with Crippen LogP contribution in [-0.2, 0) is 0 Å². The fourth-order valence-corrected chi connectivity index (χ4v) is 2.09. The van der Waals surface area contributed by atoms with Crippen LogP contribution in [0.15, 0.2) is 36.4 Å². The van der Waals surface area contributed by atoms with Crippen molar-refractivity contribution in [3.63, 3.8) is 0 Å². The minimum Gasteiger partial charge on any atom is -0.495 e. The highest BCUT2D eigenvalue weighted by atomic mass is 16.5. The van der Waals surface area contributed by atoms with Crippen molar-refractivity contribution in [2.24, 2.45) is 0 Å². The number of hydrogen-bond acceptors (Lipinski definition) is 6. The Balaban J connectivity index is 1.91. The van der Waals surface area contributed by atoms with Crippen LogP contribution >= 0.6 is 0 Å². The third-order valence-electron chi connectivity index (χ3n) is 3.34. The second-order valence-electron chi connectivity index (χ2n) is 5.54. The summed E-state index contributed by atoms with van der Waals surface area (Å²) in [6.07, 6.45) is 1.00. The molecule has 1 aromatic heterocycles. The zero-order valence-electron chi connectivity index (χ0n) is 14.2. The SMILES string of the molecule is COc1ccccc1NC(=O)c1ccc(NCCCN(C)C)nn1. The first-order valence-electron chi connectivity index (χ1n) is 7.77. The number of methoxy groups -OCH3 is 1. The molecular formula is C17H23N5O2. The number of amides is 1. The standard InChI is InChI=1S/C17H23N5O2/c1-22(2)12-6-11-18-16-10-9-14(20-21-16)17(23)19-13-7-4-5-8-15(13)24-3/h4-5,7-10H,6,11-12H2,1-3H3,(H,18,21)(H,19,23). The second-order valence-corrected chi connectivity index (χ2v) is 5.54. The van der Waals surface area contributed by atoms with E-state index >= 15 is 0 Å². The molecule has 1 heterocycles. The number of benzene rings is 1. The summed E-state index contributed by atoms with van der Waals surface area (Å²) in [5, 5.41) is 14.0. The molecule has 0 aliphatic rings. The van der Waals surface area contributed by atoms with Gasteiger partial charge in [-0.25, -0.2) is 0 Å². The third-order valence-corrected chi connectivity index (χ3v) is 3.34. The van der Waals surface area contributed by atoms with E-state index in [1.54, 1.807) is 31.4 Å². The molecule has 2 aromatic rings. The van der Waals surface area contributed by atoms with Crippen LogP contribution in [0.5, 0.6) is 5.75 Å². The fraction of sp³-hybridized carbons (Fsp3) is 0.353. The molecule has 1 aromatic carbocycles. The maximum absolute atomic E-state index is 12.2. The van der Waals surface area contributed by atoms with Gasteiger partial charge in [-0.2, -0.15) is 0 Å². The van der Waals surface area contributed by atoms with Crippen molar-refractivity contribution < 1.29 is 9.53 Å². The van der Waals surface area contributed by atoms with Gasteiger partial charge in [0.1, 0.15) is 11.6 Å². The van der Waals surface area contributed by atoms with Crippen molar-refractivity contribution in [1.29, 1.82) is 0 Å². The van der Waals surface area contributed by atoms with E-state index in [9.17, 15) is 4.79 Å². The smallest absolute Gasteiger partial charge is 0.276 e. The zero-order valence-corrected chi connectivity index (χ0v) is 14.2. The van der Waals surface area contributed by atoms with Gasteiger partial charge in [-0.1, -0.05) is 12.1 Å². The lowest BCUT2D eigenvalue weighted by Gasteiger charge is -2.10. The zero-order chi connectivity index (χ0) is 17.4. The summed E-state index contributed by atoms with van der Waals surface area (Å²) in [5.41, 5.74) is 0.845. The largest absolute Gasteiger partial charge is 0.495 e. The summed E-state index contributed by atoms with van der Waals surface area (Å²) in [5.74, 6) is 0.923. The second kappa shape index (κ2) is 8.83. The van der Waals surface area contributed by atoms with E-state index in [2.05, 4.69) is 25.7 Å². The van der Waals surface area contributed by atoms with Gasteiger partial charge in [-0.15, -0.1) is 10.2 Å². The van der Waals surface area contributed by atoms with E-state index in [-0.39, 0.29) is 11.6 Å². The first-order chi connectivity index (χ1) is 11.6. The summed E-state index contributed by atoms with van der Waals surface area (Å²) in [7, 11) is 5.63. The van der Waals surface area contributed by atoms with Crippen LogP contribution in [0.1, 0.15) is 16.9 Å². The minimum absolute atomic E-state index is 0.250. The van der Waals surface area contributed by atoms with Gasteiger partial charge in [-0.3, -0.25) is 4.79 Å². The van der Waals surface area contributed by atoms with Gasteiger partial charge in [0, 0.05) is 6.54 Å². The molecule has 2 N–H and O–H groups in total. The number of ether oxygens (including phenoxy) is 1. The lowest BCUT2D eigenvalue weighted by atomic mass is 10.2. The number of nitrogens with one attached hydrogen (secondary N) is 2. The fourth-order valence-electron chi connectivity index (χ4n) is 2.09. The van der Waals surface area contributed by atoms with Crippen molar-refractivity contribution >= 4 is 17.4 Å². The molecule has 0 spiro atoms. The van der Waals surface area contributed by atoms with Crippen molar-refractivity contribution in [2.45, 2.75) is 6.42 Å². The number of carbonyl (C=O) groups excluding carboxylic acids is 1. The van der Waals surface area contributed by atoms with Gasteiger partial charge in [0.25, 0.3) is 5.91 Å². The molecule has 0 atom stereocenters. The number of rotatable bonds is 8. The van der Waals surface area contributed by atoms with Gasteiger partial charge < -0.3 is 20.3 Å². The molecule has 1 amide bonds. The van der Waals surface area contributed by atoms with Crippen LogP contribution in [-0.4, -0.2) is 55.3 Å². The van der Waals surface area contributed by atoms with Crippen molar-refractivity contribution in [2.75, 3.05) is 44.9 Å². The summed E-state index contributed by atoms with van der Waals surface area (Å²) < 4.78 is 5.21. The number of hydrogen-bond donors (Lipinski definition) is 2. The Bertz CT molecular complexity index is 658. The highest BCUT2D eigenvalue weighted by Gasteiger charge is 2.11. The summed E-state index contributed by atoms with van der Waals surface area (Å²) in [6, 6.07) is 10.6. The molecule has 0 aliphatic heterocycles. The van der Waals surface area contributed by atoms with Crippen LogP contribution in [0.3, 0.4) is 0 Å². The van der Waals surface area contributed by atoms with Crippen molar-refractivity contribution in [3.8, 4) is 5.75 Å². The summed E-state index contributed by atoms with van der Waals surface area (Å²) in [6.45, 7) is 1.81. The molecule has 0 radical (unpaired) electrons. The topological polar surface area (TPSA) is 79.4 Å². The van der Waals surface area contributed by atoms with Crippen molar-refractivity contribution in [3.05, 3.63) is 42.1 Å². The van der Waals surface area contributed by atoms with Crippen LogP contribution in [0, 0.1) is 0 Å². The van der Waals surface area contributed by atoms with Crippen LogP contribution < -0.4 is 15.4 Å². The molecular weight excluding hydrogens is 306 g/mol. The van der Waals surface area contributed by atoms with E-state index < -0.39 is 0 Å². The van der Waals surface area contributed by atoms with E-state index in [1.807, 2.05) is 26.2 Å². The monoisotopic (exact) mass is 329 g/mol. The highest BCUT2D eigenvalue weighted by molar-refractivity contribution is 6.03. The molecule has 0 saturated carbocycles. The number of anilines is 2. The van der Waals surface area contributed by atoms with Gasteiger partial charge in [0.2, 0.25) is 0 Å². The maximum atomic E-state index is 12.2. The first kappa shape index (κ1) is 17.7. The number of nitrogens with zero attached hydrogens (tertiary/aromatic N) is 3. The molecule has 0 fully saturated rings. The van der Waals surface area contributed by atoms with Crippen LogP contribution in [0.4, 0.5) is 11.5 Å². The van der Waals surface area contributed by atoms with Gasteiger partial charge in [0.15, 0.2) is 5.69 Å². The molecule has 0 bridgehead atoms. The molecule has 0 unspecified atom stereocenters. The molecule has 7 nitrogen and oxygen atoms in total. The number of para-hydroxylation sites is 2. The maximum Gasteiger partial charge on any atom is 0.276 e. The predicted molar refractivity (Wildman–Crippen MR) is 94.6 cm³/mol. The highest BCUT2D eigenvalue weighted by Crippen LogP contribution is 2.23. The third kappa shape index (κ3) is 5.20. The van der Waals surface area contributed by atoms with E-state index in [0.717, 1.165) is 19.5 Å². The lowest BCUT2D eigenvalue weighted by Crippen LogP contribution is -2.17. The molecule has 24 heavy (non-hydrogen) atoms. The Labute approximate surface area is 142 Å². The first-order valence-corrected chi connectivity index (χ1v) is 7.77. The lowest BCUT2D eigenvalue weighted by molar-refractivity contribution is 0.102. The Morgan fingerprint density at radius 2 is 1.96 bits per heavy atom. The molecule has 2 rings (SSSR count). The number of carbonyl (C=O) groups is 1. The predicted octanol–water partition coefficient (Wildman–Crippen LogP) is 2.10. The molecule has 0 saturated heterocycles.